The first-order valence-electron chi connectivity index (χ1n) is 11.8. The molecule has 1 fully saturated rings. The van der Waals surface area contributed by atoms with Crippen LogP contribution in [0.3, 0.4) is 0 Å². The average Bonchev–Trinajstić information content (AvgIpc) is 3.05. The van der Waals surface area contributed by atoms with Gasteiger partial charge in [-0.25, -0.2) is 0 Å². The molecule has 1 aliphatic heterocycles. The van der Waals surface area contributed by atoms with Crippen LogP contribution in [0.15, 0.2) is 48.0 Å². The molecule has 34 heavy (non-hydrogen) atoms. The fraction of sp³-hybridized carbons (Fsp3) is 0.407. The van der Waals surface area contributed by atoms with Gasteiger partial charge >= 0.3 is 0 Å². The van der Waals surface area contributed by atoms with Crippen LogP contribution in [-0.4, -0.2) is 41.0 Å². The van der Waals surface area contributed by atoms with E-state index in [1.807, 2.05) is 45.0 Å². The van der Waals surface area contributed by atoms with Gasteiger partial charge in [-0.2, -0.15) is 0 Å². The van der Waals surface area contributed by atoms with Crippen molar-refractivity contribution < 1.29 is 24.2 Å². The number of carbonyl (C=O) groups excluding carboxylic acids is 2. The lowest BCUT2D eigenvalue weighted by atomic mass is 9.95. The van der Waals surface area contributed by atoms with Crippen molar-refractivity contribution in [3.05, 3.63) is 64.2 Å². The summed E-state index contributed by atoms with van der Waals surface area (Å²) in [7, 11) is 0. The van der Waals surface area contributed by atoms with Gasteiger partial charge in [0.05, 0.1) is 29.3 Å². The first-order valence-corrected chi connectivity index (χ1v) is 12.1. The van der Waals surface area contributed by atoms with Crippen molar-refractivity contribution in [3.8, 4) is 11.5 Å². The molecule has 0 saturated carbocycles. The van der Waals surface area contributed by atoms with Crippen molar-refractivity contribution >= 4 is 29.1 Å². The highest BCUT2D eigenvalue weighted by atomic mass is 35.5. The van der Waals surface area contributed by atoms with Crippen LogP contribution in [0.5, 0.6) is 11.5 Å². The summed E-state index contributed by atoms with van der Waals surface area (Å²) in [4.78, 5) is 27.8. The quantitative estimate of drug-likeness (QED) is 0.189. The van der Waals surface area contributed by atoms with E-state index in [0.717, 1.165) is 19.3 Å². The maximum atomic E-state index is 13.2. The first kappa shape index (κ1) is 25.6. The molecule has 1 saturated heterocycles. The molecule has 6 nitrogen and oxygen atoms in total. The second-order valence-electron chi connectivity index (χ2n) is 8.51. The normalized spacial score (nSPS) is 17.5. The average molecular weight is 486 g/mol. The molecule has 1 unspecified atom stereocenters. The van der Waals surface area contributed by atoms with Gasteiger partial charge in [0.25, 0.3) is 11.7 Å². The second-order valence-corrected chi connectivity index (χ2v) is 8.92. The highest BCUT2D eigenvalue weighted by Crippen LogP contribution is 2.42. The smallest absolute Gasteiger partial charge is 0.295 e. The monoisotopic (exact) mass is 485 g/mol. The minimum absolute atomic E-state index is 0.0127. The largest absolute Gasteiger partial charge is 0.507 e. The Morgan fingerprint density at radius 3 is 2.53 bits per heavy atom. The van der Waals surface area contributed by atoms with Crippen molar-refractivity contribution in [2.24, 2.45) is 0 Å². The van der Waals surface area contributed by atoms with Crippen molar-refractivity contribution in [1.82, 2.24) is 4.90 Å². The summed E-state index contributed by atoms with van der Waals surface area (Å²) in [6, 6.07) is 11.4. The van der Waals surface area contributed by atoms with Gasteiger partial charge in [0.1, 0.15) is 17.3 Å². The molecule has 1 aliphatic rings. The van der Waals surface area contributed by atoms with E-state index in [0.29, 0.717) is 30.2 Å². The van der Waals surface area contributed by atoms with Gasteiger partial charge in [-0.1, -0.05) is 43.5 Å². The van der Waals surface area contributed by atoms with Gasteiger partial charge in [-0.05, 0) is 63.1 Å². The summed E-state index contributed by atoms with van der Waals surface area (Å²) < 4.78 is 11.4. The summed E-state index contributed by atoms with van der Waals surface area (Å²) in [6.45, 7) is 8.62. The number of Topliss-reactive ketones (excluding diaryl/α,β-unsaturated/α-hetero) is 1. The highest BCUT2D eigenvalue weighted by molar-refractivity contribution is 6.47. The Morgan fingerprint density at radius 2 is 1.85 bits per heavy atom. The topological polar surface area (TPSA) is 76.1 Å². The van der Waals surface area contributed by atoms with E-state index in [4.69, 9.17) is 21.1 Å². The Morgan fingerprint density at radius 1 is 1.09 bits per heavy atom. The number of aliphatic hydroxyl groups excluding tert-OH is 1. The first-order chi connectivity index (χ1) is 16.3. The molecule has 0 spiro atoms. The lowest BCUT2D eigenvalue weighted by molar-refractivity contribution is -0.139. The third kappa shape index (κ3) is 5.55. The van der Waals surface area contributed by atoms with Gasteiger partial charge in [0.2, 0.25) is 0 Å². The van der Waals surface area contributed by atoms with Crippen LogP contribution in [0.1, 0.15) is 64.1 Å². The zero-order chi connectivity index (χ0) is 24.8. The molecular weight excluding hydrogens is 454 g/mol. The molecule has 2 aromatic rings. The van der Waals surface area contributed by atoms with E-state index < -0.39 is 17.7 Å². The molecule has 1 N–H and O–H groups in total. The van der Waals surface area contributed by atoms with E-state index in [1.54, 1.807) is 23.1 Å². The van der Waals surface area contributed by atoms with Crippen LogP contribution in [0.25, 0.3) is 5.76 Å². The summed E-state index contributed by atoms with van der Waals surface area (Å²) >= 11 is 6.39. The third-order valence-electron chi connectivity index (χ3n) is 5.59. The SMILES string of the molecule is CCCCCN1C(=O)C(=O)/C(=C(/O)c2cc(OCC)ccc2Cl)C1c1cccc(OC(C)C)c1. The van der Waals surface area contributed by atoms with E-state index in [2.05, 4.69) is 6.92 Å². The Kier molecular flexibility index (Phi) is 8.61. The number of hydrogen-bond donors (Lipinski definition) is 1. The fourth-order valence-electron chi connectivity index (χ4n) is 4.11. The number of nitrogens with zero attached hydrogens (tertiary/aromatic N) is 1. The summed E-state index contributed by atoms with van der Waals surface area (Å²) in [5.41, 5.74) is 0.949. The standard InChI is InChI=1S/C27H32ClNO5/c1-5-7-8-14-29-24(18-10-9-11-20(15-18)34-17(3)4)23(26(31)27(29)32)25(30)21-16-19(33-6-2)12-13-22(21)28/h9-13,15-17,24,30H,5-8,14H2,1-4H3/b25-23+. The summed E-state index contributed by atoms with van der Waals surface area (Å²) in [6.07, 6.45) is 2.62. The number of ether oxygens (including phenoxy) is 2. The fourth-order valence-corrected chi connectivity index (χ4v) is 4.31. The van der Waals surface area contributed by atoms with Gasteiger partial charge in [-0.15, -0.1) is 0 Å². The molecule has 182 valence electrons. The predicted molar refractivity (Wildman–Crippen MR) is 133 cm³/mol. The van der Waals surface area contributed by atoms with Crippen LogP contribution in [-0.2, 0) is 9.59 Å². The van der Waals surface area contributed by atoms with Crippen LogP contribution in [0.2, 0.25) is 5.02 Å². The minimum atomic E-state index is -0.751. The van der Waals surface area contributed by atoms with Crippen LogP contribution in [0.4, 0.5) is 0 Å². The molecule has 7 heteroatoms. The number of hydrogen-bond acceptors (Lipinski definition) is 5. The number of unbranched alkanes of at least 4 members (excludes halogenated alkanes) is 2. The van der Waals surface area contributed by atoms with E-state index >= 15 is 0 Å². The molecule has 3 rings (SSSR count). The van der Waals surface area contributed by atoms with Crippen molar-refractivity contribution in [3.63, 3.8) is 0 Å². The van der Waals surface area contributed by atoms with E-state index in [1.165, 1.54) is 0 Å². The number of aliphatic hydroxyl groups is 1. The van der Waals surface area contributed by atoms with Crippen LogP contribution in [0, 0.1) is 0 Å². The van der Waals surface area contributed by atoms with Crippen molar-refractivity contribution in [1.29, 1.82) is 0 Å². The zero-order valence-corrected chi connectivity index (χ0v) is 20.9. The zero-order valence-electron chi connectivity index (χ0n) is 20.1. The van der Waals surface area contributed by atoms with Crippen molar-refractivity contribution in [2.75, 3.05) is 13.2 Å². The van der Waals surface area contributed by atoms with Gasteiger partial charge in [-0.3, -0.25) is 9.59 Å². The number of carbonyl (C=O) groups is 2. The number of ketones is 1. The Balaban J connectivity index is 2.16. The number of amides is 1. The van der Waals surface area contributed by atoms with Gasteiger partial charge in [0.15, 0.2) is 0 Å². The molecule has 1 atom stereocenters. The highest BCUT2D eigenvalue weighted by Gasteiger charge is 2.46. The molecule has 1 amide bonds. The predicted octanol–water partition coefficient (Wildman–Crippen LogP) is 6.14. The molecular formula is C27H32ClNO5. The molecule has 0 radical (unpaired) electrons. The van der Waals surface area contributed by atoms with Gasteiger partial charge in [0, 0.05) is 12.1 Å². The summed E-state index contributed by atoms with van der Waals surface area (Å²) in [5.74, 6) is -0.539. The van der Waals surface area contributed by atoms with Crippen LogP contribution >= 0.6 is 11.6 Å². The molecule has 1 heterocycles. The number of rotatable bonds is 10. The minimum Gasteiger partial charge on any atom is -0.507 e. The Bertz CT molecular complexity index is 1080. The van der Waals surface area contributed by atoms with Crippen molar-refractivity contribution in [2.45, 2.75) is 59.1 Å². The maximum absolute atomic E-state index is 13.2. The lowest BCUT2D eigenvalue weighted by Crippen LogP contribution is -2.30. The van der Waals surface area contributed by atoms with E-state index in [-0.39, 0.29) is 28.0 Å². The second kappa shape index (κ2) is 11.4. The number of halogens is 1. The number of likely N-dealkylation sites (tertiary alicyclic amines) is 1. The van der Waals surface area contributed by atoms with Crippen LogP contribution < -0.4 is 9.47 Å². The third-order valence-corrected chi connectivity index (χ3v) is 5.92. The molecule has 0 aliphatic carbocycles. The van der Waals surface area contributed by atoms with E-state index in [9.17, 15) is 14.7 Å². The molecule has 0 aromatic heterocycles. The Labute approximate surface area is 206 Å². The Hall–Kier alpha value is -2.99. The summed E-state index contributed by atoms with van der Waals surface area (Å²) in [5, 5.41) is 11.6. The number of benzene rings is 2. The maximum Gasteiger partial charge on any atom is 0.295 e. The lowest BCUT2D eigenvalue weighted by Gasteiger charge is -2.26. The molecule has 0 bridgehead atoms. The van der Waals surface area contributed by atoms with Gasteiger partial charge < -0.3 is 19.5 Å². The molecule has 2 aromatic carbocycles.